The first-order chi connectivity index (χ1) is 12.7. The van der Waals surface area contributed by atoms with Crippen molar-refractivity contribution < 1.29 is 9.47 Å². The van der Waals surface area contributed by atoms with E-state index in [9.17, 15) is 5.26 Å². The Morgan fingerprint density at radius 1 is 0.846 bits per heavy atom. The van der Waals surface area contributed by atoms with E-state index in [1.807, 2.05) is 0 Å². The highest BCUT2D eigenvalue weighted by molar-refractivity contribution is 5.01. The highest BCUT2D eigenvalue weighted by Crippen LogP contribution is 2.41. The van der Waals surface area contributed by atoms with E-state index in [0.29, 0.717) is 19.0 Å². The van der Waals surface area contributed by atoms with Crippen LogP contribution in [0.2, 0.25) is 0 Å². The van der Waals surface area contributed by atoms with Crippen molar-refractivity contribution in [1.29, 1.82) is 5.26 Å². The molecule has 0 N–H and O–H groups in total. The van der Waals surface area contributed by atoms with Crippen molar-refractivity contribution in [3.63, 3.8) is 0 Å². The van der Waals surface area contributed by atoms with Crippen LogP contribution in [0, 0.1) is 22.7 Å². The molecule has 0 aromatic heterocycles. The van der Waals surface area contributed by atoms with E-state index in [4.69, 9.17) is 9.47 Å². The molecule has 2 saturated carbocycles. The molecule has 2 rings (SSSR count). The Hall–Kier alpha value is -0.590. The Bertz CT molecular complexity index is 401. The summed E-state index contributed by atoms with van der Waals surface area (Å²) in [6.07, 6.45) is 18.8. The lowest BCUT2D eigenvalue weighted by molar-refractivity contribution is -0.137. The van der Waals surface area contributed by atoms with Gasteiger partial charge in [0, 0.05) is 0 Å². The quantitative estimate of drug-likeness (QED) is 0.301. The van der Waals surface area contributed by atoms with Gasteiger partial charge in [0.15, 0.2) is 0 Å². The molecule has 0 amide bonds. The molecule has 0 aromatic rings. The Labute approximate surface area is 161 Å². The first kappa shape index (κ1) is 21.7. The van der Waals surface area contributed by atoms with Crippen molar-refractivity contribution in [3.05, 3.63) is 0 Å². The Balaban J connectivity index is 1.55. The fourth-order valence-electron chi connectivity index (χ4n) is 4.75. The van der Waals surface area contributed by atoms with Gasteiger partial charge in [-0.2, -0.15) is 5.26 Å². The van der Waals surface area contributed by atoms with Gasteiger partial charge in [-0.3, -0.25) is 0 Å². The molecule has 0 aliphatic heterocycles. The number of hydrogen-bond donors (Lipinski definition) is 0. The summed E-state index contributed by atoms with van der Waals surface area (Å²) in [6.45, 7) is 4.93. The summed E-state index contributed by atoms with van der Waals surface area (Å²) in [5.74, 6) is 0.933. The van der Waals surface area contributed by atoms with E-state index >= 15 is 0 Å². The van der Waals surface area contributed by atoms with Gasteiger partial charge in [-0.15, -0.1) is 0 Å². The van der Waals surface area contributed by atoms with E-state index < -0.39 is 0 Å². The second-order valence-corrected chi connectivity index (χ2v) is 8.78. The predicted octanol–water partition coefficient (Wildman–Crippen LogP) is 6.76. The van der Waals surface area contributed by atoms with Crippen LogP contribution in [0.15, 0.2) is 0 Å². The van der Waals surface area contributed by atoms with Gasteiger partial charge >= 0.3 is 0 Å². The lowest BCUT2D eigenvalue weighted by atomic mass is 9.71. The molecular formula is C23H41NO2. The maximum Gasteiger partial charge on any atom is 0.147 e. The number of unbranched alkanes of at least 4 members (excludes halogenated alkanes) is 3. The zero-order chi connectivity index (χ0) is 18.7. The van der Waals surface area contributed by atoms with Crippen molar-refractivity contribution in [3.8, 4) is 6.07 Å². The fraction of sp³-hybridized carbons (Fsp3) is 0.957. The molecule has 0 spiro atoms. The normalized spacial score (nSPS) is 32.3. The lowest BCUT2D eigenvalue weighted by Gasteiger charge is -2.35. The van der Waals surface area contributed by atoms with Crippen LogP contribution in [-0.4, -0.2) is 19.0 Å². The average Bonchev–Trinajstić information content (AvgIpc) is 2.69. The summed E-state index contributed by atoms with van der Waals surface area (Å²) in [5, 5.41) is 9.57. The van der Waals surface area contributed by atoms with Crippen LogP contribution in [0.25, 0.3) is 0 Å². The van der Waals surface area contributed by atoms with Crippen LogP contribution in [0.3, 0.4) is 0 Å². The molecule has 0 atom stereocenters. The van der Waals surface area contributed by atoms with Crippen molar-refractivity contribution in [2.45, 2.75) is 122 Å². The highest BCUT2D eigenvalue weighted by atomic mass is 16.7. The van der Waals surface area contributed by atoms with E-state index in [-0.39, 0.29) is 5.41 Å². The monoisotopic (exact) mass is 363 g/mol. The summed E-state index contributed by atoms with van der Waals surface area (Å²) >= 11 is 0. The van der Waals surface area contributed by atoms with Crippen LogP contribution in [-0.2, 0) is 9.47 Å². The number of ether oxygens (including phenoxy) is 2. The van der Waals surface area contributed by atoms with Crippen LogP contribution < -0.4 is 0 Å². The number of hydrogen-bond acceptors (Lipinski definition) is 3. The average molecular weight is 364 g/mol. The van der Waals surface area contributed by atoms with E-state index in [2.05, 4.69) is 19.9 Å². The smallest absolute Gasteiger partial charge is 0.147 e. The zero-order valence-corrected chi connectivity index (χ0v) is 17.3. The third kappa shape index (κ3) is 7.20. The van der Waals surface area contributed by atoms with Gasteiger partial charge in [0.05, 0.1) is 23.7 Å². The number of nitriles is 1. The van der Waals surface area contributed by atoms with Gasteiger partial charge < -0.3 is 9.47 Å². The Morgan fingerprint density at radius 2 is 1.46 bits per heavy atom. The third-order valence-corrected chi connectivity index (χ3v) is 6.75. The van der Waals surface area contributed by atoms with Crippen LogP contribution in [0.4, 0.5) is 0 Å². The Kier molecular flexibility index (Phi) is 10.0. The van der Waals surface area contributed by atoms with Gasteiger partial charge in [0.25, 0.3) is 0 Å². The molecule has 0 bridgehead atoms. The standard InChI is InChI=1S/C23H41NO2/c1-3-5-7-8-20-9-11-21(12-10-20)25-19-26-22-13-16-23(18-24,17-14-22)15-6-4-2/h20-22H,3-17,19H2,1-2H3. The minimum absolute atomic E-state index is 0.0765. The van der Waals surface area contributed by atoms with E-state index in [1.165, 1.54) is 64.2 Å². The SMILES string of the molecule is CCCCCC1CCC(OCOC2CCC(C#N)(CCCC)CC2)CC1. The van der Waals surface area contributed by atoms with Crippen molar-refractivity contribution in [2.24, 2.45) is 11.3 Å². The minimum atomic E-state index is -0.0765. The molecule has 3 heteroatoms. The van der Waals surface area contributed by atoms with Crippen molar-refractivity contribution in [1.82, 2.24) is 0 Å². The summed E-state index contributed by atoms with van der Waals surface area (Å²) in [5.41, 5.74) is -0.0765. The maximum absolute atomic E-state index is 9.57. The van der Waals surface area contributed by atoms with Crippen molar-refractivity contribution >= 4 is 0 Å². The fourth-order valence-corrected chi connectivity index (χ4v) is 4.75. The molecule has 26 heavy (non-hydrogen) atoms. The molecule has 0 unspecified atom stereocenters. The molecule has 3 nitrogen and oxygen atoms in total. The second kappa shape index (κ2) is 12.0. The molecule has 0 radical (unpaired) electrons. The zero-order valence-electron chi connectivity index (χ0n) is 17.3. The maximum atomic E-state index is 9.57. The second-order valence-electron chi connectivity index (χ2n) is 8.78. The molecule has 2 aliphatic carbocycles. The minimum Gasteiger partial charge on any atom is -0.352 e. The van der Waals surface area contributed by atoms with Gasteiger partial charge in [0.2, 0.25) is 0 Å². The molecule has 150 valence electrons. The topological polar surface area (TPSA) is 42.2 Å². The summed E-state index contributed by atoms with van der Waals surface area (Å²) in [6, 6.07) is 2.62. The van der Waals surface area contributed by atoms with Crippen LogP contribution in [0.1, 0.15) is 110 Å². The lowest BCUT2D eigenvalue weighted by Crippen LogP contribution is -2.31. The first-order valence-electron chi connectivity index (χ1n) is 11.4. The van der Waals surface area contributed by atoms with E-state index in [0.717, 1.165) is 38.0 Å². The predicted molar refractivity (Wildman–Crippen MR) is 107 cm³/mol. The summed E-state index contributed by atoms with van der Waals surface area (Å²) in [7, 11) is 0. The number of rotatable bonds is 11. The molecule has 0 heterocycles. The van der Waals surface area contributed by atoms with Crippen LogP contribution in [0.5, 0.6) is 0 Å². The first-order valence-corrected chi connectivity index (χ1v) is 11.4. The summed E-state index contributed by atoms with van der Waals surface area (Å²) < 4.78 is 12.0. The Morgan fingerprint density at radius 3 is 2.04 bits per heavy atom. The van der Waals surface area contributed by atoms with Gasteiger partial charge in [0.1, 0.15) is 6.79 Å². The van der Waals surface area contributed by atoms with Crippen LogP contribution >= 0.6 is 0 Å². The number of nitrogens with zero attached hydrogens (tertiary/aromatic N) is 1. The van der Waals surface area contributed by atoms with Gasteiger partial charge in [-0.1, -0.05) is 52.4 Å². The molecule has 0 saturated heterocycles. The molecule has 0 aromatic carbocycles. The third-order valence-electron chi connectivity index (χ3n) is 6.75. The van der Waals surface area contributed by atoms with Crippen molar-refractivity contribution in [2.75, 3.05) is 6.79 Å². The summed E-state index contributed by atoms with van der Waals surface area (Å²) in [4.78, 5) is 0. The van der Waals surface area contributed by atoms with Gasteiger partial charge in [-0.05, 0) is 63.7 Å². The molecular weight excluding hydrogens is 322 g/mol. The van der Waals surface area contributed by atoms with E-state index in [1.54, 1.807) is 0 Å². The highest BCUT2D eigenvalue weighted by Gasteiger charge is 2.35. The molecule has 2 fully saturated rings. The molecule has 2 aliphatic rings. The largest absolute Gasteiger partial charge is 0.352 e. The van der Waals surface area contributed by atoms with Gasteiger partial charge in [-0.25, -0.2) is 0 Å².